The van der Waals surface area contributed by atoms with Crippen molar-refractivity contribution in [1.29, 1.82) is 0 Å². The van der Waals surface area contributed by atoms with Gasteiger partial charge in [0.15, 0.2) is 0 Å². The smallest absolute Gasteiger partial charge is 0.253 e. The van der Waals surface area contributed by atoms with Crippen molar-refractivity contribution in [3.63, 3.8) is 0 Å². The quantitative estimate of drug-likeness (QED) is 0.289. The number of hydrogen-bond acceptors (Lipinski definition) is 3. The van der Waals surface area contributed by atoms with Gasteiger partial charge in [-0.3, -0.25) is 9.69 Å². The van der Waals surface area contributed by atoms with E-state index >= 15 is 0 Å². The summed E-state index contributed by atoms with van der Waals surface area (Å²) in [5, 5.41) is 4.38. The van der Waals surface area contributed by atoms with Gasteiger partial charge in [-0.1, -0.05) is 59.1 Å². The number of carbonyl (C=O) groups is 1. The van der Waals surface area contributed by atoms with Crippen molar-refractivity contribution >= 4 is 47.2 Å². The van der Waals surface area contributed by atoms with Crippen LogP contribution in [-0.2, 0) is 6.54 Å². The number of unbranched alkanes of at least 4 members (excludes halogenated alkanes) is 1. The molecule has 0 saturated carbocycles. The molecule has 37 heavy (non-hydrogen) atoms. The molecular formula is C29H37Cl3N4O. The van der Waals surface area contributed by atoms with Gasteiger partial charge in [-0.2, -0.15) is 0 Å². The first-order chi connectivity index (χ1) is 17.4. The van der Waals surface area contributed by atoms with E-state index in [0.29, 0.717) is 16.6 Å². The van der Waals surface area contributed by atoms with Crippen molar-refractivity contribution in [2.24, 2.45) is 0 Å². The van der Waals surface area contributed by atoms with Crippen LogP contribution in [0.2, 0.25) is 10.0 Å². The van der Waals surface area contributed by atoms with Gasteiger partial charge in [-0.15, -0.1) is 12.4 Å². The lowest BCUT2D eigenvalue weighted by atomic mass is 10.1. The monoisotopic (exact) mass is 562 g/mol. The summed E-state index contributed by atoms with van der Waals surface area (Å²) >= 11 is 12.6. The fourth-order valence-electron chi connectivity index (χ4n) is 4.95. The molecule has 2 heterocycles. The second-order valence-corrected chi connectivity index (χ2v) is 10.3. The first-order valence-corrected chi connectivity index (χ1v) is 13.6. The number of nitrogens with one attached hydrogen (secondary N) is 1. The SMILES string of the molecule is CCn1c(-c2ccc(C)cc2)cc(C(=O)NCCCCN2CCN(c3cccc(Cl)c3Cl)CC2)c1C.Cl. The molecule has 0 spiro atoms. The largest absolute Gasteiger partial charge is 0.368 e. The van der Waals surface area contributed by atoms with Gasteiger partial charge < -0.3 is 14.8 Å². The molecule has 0 aliphatic carbocycles. The summed E-state index contributed by atoms with van der Waals surface area (Å²) in [4.78, 5) is 17.7. The van der Waals surface area contributed by atoms with Gasteiger partial charge >= 0.3 is 0 Å². The van der Waals surface area contributed by atoms with Gasteiger partial charge in [0.1, 0.15) is 0 Å². The summed E-state index contributed by atoms with van der Waals surface area (Å²) in [5.41, 5.74) is 6.27. The molecule has 0 unspecified atom stereocenters. The minimum atomic E-state index is 0. The van der Waals surface area contributed by atoms with Gasteiger partial charge in [0.05, 0.1) is 21.3 Å². The van der Waals surface area contributed by atoms with Crippen molar-refractivity contribution in [2.75, 3.05) is 44.2 Å². The number of hydrogen-bond donors (Lipinski definition) is 1. The standard InChI is InChI=1S/C29H36Cl2N4O.ClH/c1-4-35-22(3)24(20-27(35)23-12-10-21(2)11-13-23)29(36)32-14-5-6-15-33-16-18-34(19-17-33)26-9-7-8-25(30)28(26)31;/h7-13,20H,4-6,14-19H2,1-3H3,(H,32,36);1H. The summed E-state index contributed by atoms with van der Waals surface area (Å²) < 4.78 is 2.22. The van der Waals surface area contributed by atoms with E-state index in [-0.39, 0.29) is 18.3 Å². The Labute approximate surface area is 237 Å². The van der Waals surface area contributed by atoms with Crippen molar-refractivity contribution in [2.45, 2.75) is 40.2 Å². The zero-order valence-corrected chi connectivity index (χ0v) is 24.2. The van der Waals surface area contributed by atoms with Crippen LogP contribution < -0.4 is 10.2 Å². The lowest BCUT2D eigenvalue weighted by Gasteiger charge is -2.36. The molecule has 1 aromatic heterocycles. The molecule has 3 aromatic rings. The van der Waals surface area contributed by atoms with Crippen molar-refractivity contribution in [1.82, 2.24) is 14.8 Å². The highest BCUT2D eigenvalue weighted by Crippen LogP contribution is 2.33. The van der Waals surface area contributed by atoms with E-state index in [1.165, 1.54) is 5.56 Å². The Morgan fingerprint density at radius 1 is 0.973 bits per heavy atom. The Balaban J connectivity index is 0.00000380. The minimum Gasteiger partial charge on any atom is -0.368 e. The third kappa shape index (κ3) is 7.02. The second kappa shape index (κ2) is 13.6. The molecule has 1 N–H and O–H groups in total. The number of aromatic nitrogens is 1. The van der Waals surface area contributed by atoms with E-state index in [1.807, 2.05) is 31.2 Å². The first kappa shape index (κ1) is 29.4. The van der Waals surface area contributed by atoms with Crippen LogP contribution in [0.15, 0.2) is 48.5 Å². The molecule has 1 aliphatic rings. The van der Waals surface area contributed by atoms with Crippen molar-refractivity contribution in [3.05, 3.63) is 75.4 Å². The Morgan fingerprint density at radius 3 is 2.35 bits per heavy atom. The number of piperazine rings is 1. The minimum absolute atomic E-state index is 0. The van der Waals surface area contributed by atoms with Crippen LogP contribution in [0.1, 0.15) is 41.4 Å². The van der Waals surface area contributed by atoms with Crippen molar-refractivity contribution < 1.29 is 4.79 Å². The number of anilines is 1. The highest BCUT2D eigenvalue weighted by molar-refractivity contribution is 6.43. The molecule has 1 saturated heterocycles. The fourth-order valence-corrected chi connectivity index (χ4v) is 5.37. The van der Waals surface area contributed by atoms with E-state index < -0.39 is 0 Å². The highest BCUT2D eigenvalue weighted by atomic mass is 35.5. The molecule has 1 fully saturated rings. The number of halogens is 3. The highest BCUT2D eigenvalue weighted by Gasteiger charge is 2.20. The Kier molecular flexibility index (Phi) is 10.8. The summed E-state index contributed by atoms with van der Waals surface area (Å²) in [5.74, 6) is 0.0140. The van der Waals surface area contributed by atoms with Gasteiger partial charge in [0, 0.05) is 50.7 Å². The second-order valence-electron chi connectivity index (χ2n) is 9.50. The number of nitrogens with zero attached hydrogens (tertiary/aromatic N) is 3. The van der Waals surface area contributed by atoms with Gasteiger partial charge in [0.25, 0.3) is 5.91 Å². The maximum Gasteiger partial charge on any atom is 0.253 e. The topological polar surface area (TPSA) is 40.5 Å². The zero-order chi connectivity index (χ0) is 25.7. The molecule has 1 aliphatic heterocycles. The third-order valence-electron chi connectivity index (χ3n) is 7.11. The average Bonchev–Trinajstić information content (AvgIpc) is 3.22. The van der Waals surface area contributed by atoms with E-state index in [2.05, 4.69) is 57.8 Å². The zero-order valence-electron chi connectivity index (χ0n) is 21.9. The predicted molar refractivity (Wildman–Crippen MR) is 159 cm³/mol. The maximum absolute atomic E-state index is 13.0. The van der Waals surface area contributed by atoms with E-state index in [0.717, 1.165) is 80.3 Å². The molecule has 200 valence electrons. The van der Waals surface area contributed by atoms with Gasteiger partial charge in [0.2, 0.25) is 0 Å². The first-order valence-electron chi connectivity index (χ1n) is 12.9. The average molecular weight is 564 g/mol. The number of amides is 1. The van der Waals surface area contributed by atoms with Crippen LogP contribution in [0.5, 0.6) is 0 Å². The van der Waals surface area contributed by atoms with Crippen molar-refractivity contribution in [3.8, 4) is 11.3 Å². The van der Waals surface area contributed by atoms with Crippen LogP contribution in [0.4, 0.5) is 5.69 Å². The van der Waals surface area contributed by atoms with Crippen LogP contribution in [0.25, 0.3) is 11.3 Å². The van der Waals surface area contributed by atoms with Gasteiger partial charge in [-0.25, -0.2) is 0 Å². The normalized spacial score (nSPS) is 13.9. The number of carbonyl (C=O) groups excluding carboxylic acids is 1. The summed E-state index contributed by atoms with van der Waals surface area (Å²) in [6, 6.07) is 16.3. The van der Waals surface area contributed by atoms with Crippen LogP contribution in [0, 0.1) is 13.8 Å². The molecule has 0 atom stereocenters. The van der Waals surface area contributed by atoms with E-state index in [4.69, 9.17) is 23.2 Å². The summed E-state index contributed by atoms with van der Waals surface area (Å²) in [7, 11) is 0. The van der Waals surface area contributed by atoms with Crippen LogP contribution >= 0.6 is 35.6 Å². The third-order valence-corrected chi connectivity index (χ3v) is 7.91. The Bertz CT molecular complexity index is 1180. The molecule has 0 bridgehead atoms. The van der Waals surface area contributed by atoms with Crippen LogP contribution in [-0.4, -0.2) is 54.6 Å². The lowest BCUT2D eigenvalue weighted by Crippen LogP contribution is -2.46. The maximum atomic E-state index is 13.0. The molecule has 2 aromatic carbocycles. The molecule has 0 radical (unpaired) electrons. The van der Waals surface area contributed by atoms with E-state index in [1.54, 1.807) is 0 Å². The number of aryl methyl sites for hydroxylation is 1. The van der Waals surface area contributed by atoms with Crippen LogP contribution in [0.3, 0.4) is 0 Å². The molecule has 5 nitrogen and oxygen atoms in total. The number of rotatable bonds is 9. The molecule has 8 heteroatoms. The number of benzene rings is 2. The van der Waals surface area contributed by atoms with E-state index in [9.17, 15) is 4.79 Å². The molecule has 4 rings (SSSR count). The fraction of sp³-hybridized carbons (Fsp3) is 0.414. The Hall–Kier alpha value is -2.18. The summed E-state index contributed by atoms with van der Waals surface area (Å²) in [6.07, 6.45) is 2.02. The molecule has 1 amide bonds. The predicted octanol–water partition coefficient (Wildman–Crippen LogP) is 6.85. The van der Waals surface area contributed by atoms with Gasteiger partial charge in [-0.05, 0) is 63.9 Å². The Morgan fingerprint density at radius 2 is 1.68 bits per heavy atom. The molecular weight excluding hydrogens is 527 g/mol. The lowest BCUT2D eigenvalue weighted by molar-refractivity contribution is 0.0952. The summed E-state index contributed by atoms with van der Waals surface area (Å²) in [6.45, 7) is 12.7.